The Morgan fingerprint density at radius 1 is 0.923 bits per heavy atom. The molecule has 5 rings (SSSR count). The number of Topliss-reactive ketones (excluding diaryl/α,β-unsaturated/α-hetero) is 1. The van der Waals surface area contributed by atoms with Crippen LogP contribution in [-0.4, -0.2) is 5.78 Å². The zero-order chi connectivity index (χ0) is 17.7. The average molecular weight is 404 g/mol. The van der Waals surface area contributed by atoms with Crippen molar-refractivity contribution in [3.63, 3.8) is 0 Å². The van der Waals surface area contributed by atoms with Gasteiger partial charge in [0.2, 0.25) is 0 Å². The third-order valence-electron chi connectivity index (χ3n) is 5.56. The highest BCUT2D eigenvalue weighted by Crippen LogP contribution is 2.49. The molecule has 1 aliphatic heterocycles. The summed E-state index contributed by atoms with van der Waals surface area (Å²) in [5, 5.41) is 6.00. The number of nitrogens with one attached hydrogen (secondary N) is 1. The van der Waals surface area contributed by atoms with E-state index in [2.05, 4.69) is 88.0 Å². The second-order valence-corrected chi connectivity index (χ2v) is 7.96. The van der Waals surface area contributed by atoms with E-state index in [0.717, 1.165) is 22.3 Å². The average Bonchev–Trinajstić information content (AvgIpc) is 2.67. The number of anilines is 1. The molecule has 2 atom stereocenters. The van der Waals surface area contributed by atoms with Crippen molar-refractivity contribution in [2.75, 3.05) is 5.32 Å². The monoisotopic (exact) mass is 403 g/mol. The second-order valence-electron chi connectivity index (χ2n) is 7.04. The van der Waals surface area contributed by atoms with Crippen molar-refractivity contribution in [3.8, 4) is 0 Å². The van der Waals surface area contributed by atoms with Gasteiger partial charge in [0.05, 0.1) is 5.92 Å². The molecule has 0 aromatic heterocycles. The molecule has 3 heteroatoms. The molecule has 0 fully saturated rings. The fourth-order valence-corrected chi connectivity index (χ4v) is 4.68. The Hall–Kier alpha value is -2.39. The molecule has 2 aliphatic rings. The van der Waals surface area contributed by atoms with Gasteiger partial charge in [-0.05, 0) is 46.5 Å². The number of carbonyl (C=O) groups excluding carboxylic acids is 1. The van der Waals surface area contributed by atoms with E-state index in [-0.39, 0.29) is 11.8 Å². The van der Waals surface area contributed by atoms with Gasteiger partial charge >= 0.3 is 0 Å². The normalized spacial score (nSPS) is 21.6. The van der Waals surface area contributed by atoms with Crippen molar-refractivity contribution < 1.29 is 4.79 Å². The summed E-state index contributed by atoms with van der Waals surface area (Å²) in [5.41, 5.74) is 4.62. The number of benzene rings is 3. The van der Waals surface area contributed by atoms with Gasteiger partial charge in [-0.3, -0.25) is 4.79 Å². The summed E-state index contributed by atoms with van der Waals surface area (Å²) >= 11 is 3.53. The molecule has 0 saturated heterocycles. The number of carbonyl (C=O) groups is 1. The van der Waals surface area contributed by atoms with E-state index in [1.807, 2.05) is 0 Å². The number of ketones is 1. The lowest BCUT2D eigenvalue weighted by atomic mass is 9.70. The Labute approximate surface area is 161 Å². The minimum Gasteiger partial charge on any atom is -0.358 e. The first-order valence-electron chi connectivity index (χ1n) is 8.99. The van der Waals surface area contributed by atoms with Crippen molar-refractivity contribution in [1.29, 1.82) is 0 Å². The molecule has 1 heterocycles. The summed E-state index contributed by atoms with van der Waals surface area (Å²) in [6, 6.07) is 21.2. The molecule has 0 bridgehead atoms. The lowest BCUT2D eigenvalue weighted by Gasteiger charge is -2.38. The van der Waals surface area contributed by atoms with E-state index < -0.39 is 0 Å². The number of halogens is 1. The van der Waals surface area contributed by atoms with Crippen molar-refractivity contribution in [2.24, 2.45) is 5.92 Å². The highest BCUT2D eigenvalue weighted by molar-refractivity contribution is 9.10. The Morgan fingerprint density at radius 2 is 1.73 bits per heavy atom. The predicted molar refractivity (Wildman–Crippen MR) is 109 cm³/mol. The summed E-state index contributed by atoms with van der Waals surface area (Å²) in [6.07, 6.45) is 3.66. The van der Waals surface area contributed by atoms with Gasteiger partial charge in [-0.15, -0.1) is 0 Å². The van der Waals surface area contributed by atoms with E-state index in [9.17, 15) is 4.79 Å². The summed E-state index contributed by atoms with van der Waals surface area (Å²) in [6.45, 7) is 0. The second kappa shape index (κ2) is 6.10. The molecule has 0 spiro atoms. The number of fused-ring (bicyclic) bond motifs is 4. The number of allylic oxidation sites excluding steroid dienone is 2. The number of rotatable bonds is 1. The quantitative estimate of drug-likeness (QED) is 0.537. The van der Waals surface area contributed by atoms with Gasteiger partial charge in [-0.25, -0.2) is 0 Å². The highest BCUT2D eigenvalue weighted by atomic mass is 79.9. The maximum atomic E-state index is 12.9. The van der Waals surface area contributed by atoms with Crippen molar-refractivity contribution in [1.82, 2.24) is 0 Å². The van der Waals surface area contributed by atoms with E-state index in [0.29, 0.717) is 12.2 Å². The van der Waals surface area contributed by atoms with Crippen LogP contribution in [0.5, 0.6) is 0 Å². The van der Waals surface area contributed by atoms with Crippen LogP contribution in [0.4, 0.5) is 5.69 Å². The third-order valence-corrected chi connectivity index (χ3v) is 6.09. The fourth-order valence-electron chi connectivity index (χ4n) is 4.41. The van der Waals surface area contributed by atoms with Crippen LogP contribution < -0.4 is 5.32 Å². The van der Waals surface area contributed by atoms with Crippen LogP contribution in [0.2, 0.25) is 0 Å². The first kappa shape index (κ1) is 15.8. The number of hydrogen-bond acceptors (Lipinski definition) is 2. The van der Waals surface area contributed by atoms with Gasteiger partial charge in [0.15, 0.2) is 0 Å². The predicted octanol–water partition coefficient (Wildman–Crippen LogP) is 6.02. The molecule has 2 unspecified atom stereocenters. The SMILES string of the molecule is O=C1CCC=C2Nc3ccc4ccccc4c3C(c3ccc(Br)cc3)C12. The molecule has 0 radical (unpaired) electrons. The summed E-state index contributed by atoms with van der Waals surface area (Å²) in [4.78, 5) is 12.9. The zero-order valence-corrected chi connectivity index (χ0v) is 15.8. The molecule has 3 aromatic carbocycles. The minimum absolute atomic E-state index is 0.0458. The van der Waals surface area contributed by atoms with Crippen molar-refractivity contribution in [2.45, 2.75) is 18.8 Å². The van der Waals surface area contributed by atoms with Crippen LogP contribution in [0.25, 0.3) is 10.8 Å². The fraction of sp³-hybridized carbons (Fsp3) is 0.174. The molecule has 1 aliphatic carbocycles. The molecule has 0 amide bonds. The molecule has 1 N–H and O–H groups in total. The summed E-state index contributed by atoms with van der Waals surface area (Å²) in [5.74, 6) is 0.259. The van der Waals surface area contributed by atoms with E-state index in [1.165, 1.54) is 21.9 Å². The maximum absolute atomic E-state index is 12.9. The Bertz CT molecular complexity index is 1050. The largest absolute Gasteiger partial charge is 0.358 e. The van der Waals surface area contributed by atoms with Crippen LogP contribution in [-0.2, 0) is 4.79 Å². The topological polar surface area (TPSA) is 29.1 Å². The molecular weight excluding hydrogens is 386 g/mol. The van der Waals surface area contributed by atoms with Crippen LogP contribution in [0.15, 0.2) is 76.9 Å². The van der Waals surface area contributed by atoms with Crippen LogP contribution in [0, 0.1) is 5.92 Å². The highest BCUT2D eigenvalue weighted by Gasteiger charge is 2.40. The van der Waals surface area contributed by atoms with Crippen LogP contribution >= 0.6 is 15.9 Å². The summed E-state index contributed by atoms with van der Waals surface area (Å²) < 4.78 is 1.05. The van der Waals surface area contributed by atoms with Gasteiger partial charge in [-0.1, -0.05) is 64.5 Å². The Morgan fingerprint density at radius 3 is 2.58 bits per heavy atom. The van der Waals surface area contributed by atoms with Crippen molar-refractivity contribution >= 4 is 38.2 Å². The van der Waals surface area contributed by atoms with Crippen LogP contribution in [0.1, 0.15) is 29.9 Å². The first-order chi connectivity index (χ1) is 12.7. The molecular formula is C23H18BrNO. The molecule has 26 heavy (non-hydrogen) atoms. The lowest BCUT2D eigenvalue weighted by Crippen LogP contribution is -2.34. The van der Waals surface area contributed by atoms with Gasteiger partial charge in [0, 0.05) is 28.2 Å². The van der Waals surface area contributed by atoms with Crippen LogP contribution in [0.3, 0.4) is 0 Å². The van der Waals surface area contributed by atoms with E-state index >= 15 is 0 Å². The summed E-state index contributed by atoms with van der Waals surface area (Å²) in [7, 11) is 0. The standard InChI is InChI=1S/C23H18BrNO/c24-16-11-8-15(9-12-16)21-22-17-5-2-1-4-14(17)10-13-19(22)25-18-6-3-7-20(26)23(18)21/h1-2,4-6,8-13,21,23,25H,3,7H2. The number of hydrogen-bond donors (Lipinski definition) is 1. The van der Waals surface area contributed by atoms with E-state index in [1.54, 1.807) is 0 Å². The molecule has 3 aromatic rings. The van der Waals surface area contributed by atoms with Gasteiger partial charge < -0.3 is 5.32 Å². The first-order valence-corrected chi connectivity index (χ1v) is 9.78. The van der Waals surface area contributed by atoms with Gasteiger partial charge in [0.25, 0.3) is 0 Å². The van der Waals surface area contributed by atoms with Gasteiger partial charge in [0.1, 0.15) is 5.78 Å². The van der Waals surface area contributed by atoms with E-state index in [4.69, 9.17) is 0 Å². The maximum Gasteiger partial charge on any atom is 0.143 e. The minimum atomic E-state index is -0.122. The third kappa shape index (κ3) is 2.42. The molecule has 0 saturated carbocycles. The molecule has 2 nitrogen and oxygen atoms in total. The Kier molecular flexibility index (Phi) is 3.71. The smallest absolute Gasteiger partial charge is 0.143 e. The van der Waals surface area contributed by atoms with Gasteiger partial charge in [-0.2, -0.15) is 0 Å². The lowest BCUT2D eigenvalue weighted by molar-refractivity contribution is -0.122. The Balaban J connectivity index is 1.82. The zero-order valence-electron chi connectivity index (χ0n) is 14.2. The van der Waals surface area contributed by atoms with Crippen molar-refractivity contribution in [3.05, 3.63) is 88.0 Å². The molecule has 128 valence electrons.